The molecule has 0 aliphatic heterocycles. The smallest absolute Gasteiger partial charge is 0.325 e. The number of carbonyl (C=O) groups is 1. The van der Waals surface area contributed by atoms with Crippen LogP contribution >= 0.6 is 7.60 Å². The Labute approximate surface area is 69.9 Å². The molecule has 0 bridgehead atoms. The first-order valence-electron chi connectivity index (χ1n) is 3.26. The molecular weight excluding hydrogens is 185 g/mol. The Balaban J connectivity index is 3.58. The lowest BCUT2D eigenvalue weighted by Crippen LogP contribution is -2.31. The summed E-state index contributed by atoms with van der Waals surface area (Å²) in [6, 6.07) is -1.04. The Morgan fingerprint density at radius 2 is 2.25 bits per heavy atom. The molecule has 4 N–H and O–H groups in total. The van der Waals surface area contributed by atoms with E-state index in [-0.39, 0.29) is 13.0 Å². The molecule has 2 atom stereocenters. The van der Waals surface area contributed by atoms with Crippen LogP contribution in [0.3, 0.4) is 0 Å². The predicted octanol–water partition coefficient (Wildman–Crippen LogP) is -0.380. The van der Waals surface area contributed by atoms with Crippen molar-refractivity contribution in [3.8, 4) is 0 Å². The predicted molar refractivity (Wildman–Crippen MR) is 41.9 cm³/mol. The molecule has 0 saturated carbocycles. The second kappa shape index (κ2) is 4.57. The van der Waals surface area contributed by atoms with Gasteiger partial charge in [0.15, 0.2) is 0 Å². The summed E-state index contributed by atoms with van der Waals surface area (Å²) in [5.41, 5.74) is 5.09. The van der Waals surface area contributed by atoms with Gasteiger partial charge in [0.25, 0.3) is 0 Å². The molecule has 0 saturated heterocycles. The van der Waals surface area contributed by atoms with Gasteiger partial charge >= 0.3 is 13.6 Å². The van der Waals surface area contributed by atoms with E-state index in [0.29, 0.717) is 0 Å². The first-order chi connectivity index (χ1) is 5.33. The van der Waals surface area contributed by atoms with Crippen molar-refractivity contribution in [2.45, 2.75) is 12.5 Å². The molecular formula is C5H12NO5P. The van der Waals surface area contributed by atoms with E-state index in [9.17, 15) is 9.36 Å². The van der Waals surface area contributed by atoms with E-state index >= 15 is 0 Å². The van der Waals surface area contributed by atoms with Crippen LogP contribution < -0.4 is 5.73 Å². The lowest BCUT2D eigenvalue weighted by atomic mass is 10.2. The summed E-state index contributed by atoms with van der Waals surface area (Å²) in [6.45, 7) is 0.900. The zero-order valence-corrected chi connectivity index (χ0v) is 7.53. The van der Waals surface area contributed by atoms with Crippen molar-refractivity contribution in [2.24, 2.45) is 5.73 Å². The minimum atomic E-state index is -3.50. The Hall–Kier alpha value is -0.420. The molecule has 6 nitrogen and oxygen atoms in total. The van der Waals surface area contributed by atoms with Gasteiger partial charge in [0, 0.05) is 6.66 Å². The van der Waals surface area contributed by atoms with Crippen LogP contribution in [-0.2, 0) is 13.9 Å². The van der Waals surface area contributed by atoms with Gasteiger partial charge in [-0.2, -0.15) is 0 Å². The largest absolute Gasteiger partial charge is 0.480 e. The van der Waals surface area contributed by atoms with Crippen LogP contribution in [0.5, 0.6) is 0 Å². The van der Waals surface area contributed by atoms with Gasteiger partial charge < -0.3 is 20.3 Å². The van der Waals surface area contributed by atoms with Gasteiger partial charge in [-0.15, -0.1) is 0 Å². The van der Waals surface area contributed by atoms with Crippen molar-refractivity contribution >= 4 is 13.6 Å². The van der Waals surface area contributed by atoms with E-state index in [1.165, 1.54) is 0 Å². The van der Waals surface area contributed by atoms with Crippen molar-refractivity contribution in [2.75, 3.05) is 13.3 Å². The quantitative estimate of drug-likeness (QED) is 0.518. The zero-order chi connectivity index (χ0) is 9.78. The van der Waals surface area contributed by atoms with Gasteiger partial charge in [-0.05, 0) is 6.42 Å². The van der Waals surface area contributed by atoms with Gasteiger partial charge in [0.2, 0.25) is 0 Å². The van der Waals surface area contributed by atoms with Crippen LogP contribution in [0.1, 0.15) is 6.42 Å². The Bertz CT molecular complexity index is 200. The maximum atomic E-state index is 10.5. The third kappa shape index (κ3) is 6.30. The maximum absolute atomic E-state index is 10.5. The number of hydrogen-bond acceptors (Lipinski definition) is 4. The number of rotatable bonds is 5. The normalized spacial score (nSPS) is 18.2. The van der Waals surface area contributed by atoms with Gasteiger partial charge in [0.05, 0.1) is 6.61 Å². The molecule has 7 heteroatoms. The van der Waals surface area contributed by atoms with Crippen LogP contribution in [-0.4, -0.2) is 35.3 Å². The van der Waals surface area contributed by atoms with Gasteiger partial charge in [-0.1, -0.05) is 0 Å². The molecule has 0 aromatic carbocycles. The van der Waals surface area contributed by atoms with Crippen LogP contribution in [0.4, 0.5) is 0 Å². The standard InChI is InChI=1S/C5H12NO5P/c1-12(9,10)11-3-2-4(6)5(7)8/h4H,2-3,6H2,1H3,(H,7,8)(H,9,10)/t4-/m0/s1. The number of carboxylic acid groups (broad SMARTS) is 1. The lowest BCUT2D eigenvalue weighted by Gasteiger charge is -2.08. The van der Waals surface area contributed by atoms with E-state index < -0.39 is 19.6 Å². The molecule has 0 aromatic heterocycles. The Morgan fingerprint density at radius 1 is 1.75 bits per heavy atom. The van der Waals surface area contributed by atoms with Gasteiger partial charge in [-0.25, -0.2) is 0 Å². The third-order valence-electron chi connectivity index (χ3n) is 1.08. The van der Waals surface area contributed by atoms with E-state index in [1.807, 2.05) is 0 Å². The van der Waals surface area contributed by atoms with Crippen molar-refractivity contribution in [3.05, 3.63) is 0 Å². The second-order valence-electron chi connectivity index (χ2n) is 2.37. The molecule has 0 aromatic rings. The second-order valence-corrected chi connectivity index (χ2v) is 4.23. The highest BCUT2D eigenvalue weighted by Crippen LogP contribution is 2.36. The molecule has 0 amide bonds. The molecule has 1 unspecified atom stereocenters. The summed E-state index contributed by atoms with van der Waals surface area (Å²) in [4.78, 5) is 18.8. The minimum absolute atomic E-state index is 0.0216. The van der Waals surface area contributed by atoms with Crippen molar-refractivity contribution < 1.29 is 23.9 Å². The summed E-state index contributed by atoms with van der Waals surface area (Å²) in [7, 11) is -3.50. The molecule has 0 fully saturated rings. The molecule has 0 radical (unpaired) electrons. The van der Waals surface area contributed by atoms with E-state index in [4.69, 9.17) is 15.7 Å². The highest BCUT2D eigenvalue weighted by atomic mass is 31.2. The maximum Gasteiger partial charge on any atom is 0.325 e. The average Bonchev–Trinajstić information content (AvgIpc) is 1.84. The molecule has 0 spiro atoms. The van der Waals surface area contributed by atoms with E-state index in [2.05, 4.69) is 4.52 Å². The summed E-state index contributed by atoms with van der Waals surface area (Å²) in [6.07, 6.45) is 0.0216. The number of carboxylic acids is 1. The number of hydrogen-bond donors (Lipinski definition) is 3. The molecule has 72 valence electrons. The monoisotopic (exact) mass is 197 g/mol. The van der Waals surface area contributed by atoms with Crippen LogP contribution in [0, 0.1) is 0 Å². The van der Waals surface area contributed by atoms with E-state index in [1.54, 1.807) is 0 Å². The lowest BCUT2D eigenvalue weighted by molar-refractivity contribution is -0.138. The fourth-order valence-electron chi connectivity index (χ4n) is 0.473. The first-order valence-corrected chi connectivity index (χ1v) is 5.28. The molecule has 0 aliphatic carbocycles. The van der Waals surface area contributed by atoms with Crippen molar-refractivity contribution in [3.63, 3.8) is 0 Å². The highest BCUT2D eigenvalue weighted by Gasteiger charge is 2.14. The van der Waals surface area contributed by atoms with E-state index in [0.717, 1.165) is 6.66 Å². The van der Waals surface area contributed by atoms with Crippen molar-refractivity contribution in [1.82, 2.24) is 0 Å². The fraction of sp³-hybridized carbons (Fsp3) is 0.800. The summed E-state index contributed by atoms with van der Waals surface area (Å²) >= 11 is 0. The summed E-state index contributed by atoms with van der Waals surface area (Å²) < 4.78 is 14.9. The third-order valence-corrected chi connectivity index (χ3v) is 1.74. The number of nitrogens with two attached hydrogens (primary N) is 1. The Kier molecular flexibility index (Phi) is 4.41. The van der Waals surface area contributed by atoms with Crippen molar-refractivity contribution in [1.29, 1.82) is 0 Å². The summed E-state index contributed by atoms with van der Waals surface area (Å²) in [5, 5.41) is 8.30. The topological polar surface area (TPSA) is 110 Å². The van der Waals surface area contributed by atoms with Crippen LogP contribution in [0.15, 0.2) is 0 Å². The fourth-order valence-corrected chi connectivity index (χ4v) is 0.917. The number of aliphatic carboxylic acids is 1. The van der Waals surface area contributed by atoms with Crippen LogP contribution in [0.2, 0.25) is 0 Å². The highest BCUT2D eigenvalue weighted by molar-refractivity contribution is 7.51. The molecule has 0 rings (SSSR count). The summed E-state index contributed by atoms with van der Waals surface area (Å²) in [5.74, 6) is -1.15. The molecule has 0 aliphatic rings. The van der Waals surface area contributed by atoms with Crippen LogP contribution in [0.25, 0.3) is 0 Å². The zero-order valence-electron chi connectivity index (χ0n) is 6.64. The SMILES string of the molecule is CP(=O)(O)OCC[C@H](N)C(=O)O. The first kappa shape index (κ1) is 11.6. The minimum Gasteiger partial charge on any atom is -0.480 e. The Morgan fingerprint density at radius 3 is 2.58 bits per heavy atom. The molecule has 0 heterocycles. The van der Waals surface area contributed by atoms with Gasteiger partial charge in [0.1, 0.15) is 6.04 Å². The van der Waals surface area contributed by atoms with Gasteiger partial charge in [-0.3, -0.25) is 9.36 Å². The molecule has 12 heavy (non-hydrogen) atoms. The average molecular weight is 197 g/mol.